The second-order valence-electron chi connectivity index (χ2n) is 8.71. The fourth-order valence-electron chi connectivity index (χ4n) is 4.47. The van der Waals surface area contributed by atoms with Gasteiger partial charge in [0.2, 0.25) is 15.9 Å². The summed E-state index contributed by atoms with van der Waals surface area (Å²) < 4.78 is 67.5. The Kier molecular flexibility index (Phi) is 8.12. The van der Waals surface area contributed by atoms with Gasteiger partial charge in [-0.15, -0.1) is 0 Å². The lowest BCUT2D eigenvalue weighted by Crippen LogP contribution is -2.57. The van der Waals surface area contributed by atoms with Gasteiger partial charge >= 0.3 is 0 Å². The molecule has 0 saturated carbocycles. The Balaban J connectivity index is 1.44. The van der Waals surface area contributed by atoms with E-state index >= 15 is 0 Å². The third-order valence-electron chi connectivity index (χ3n) is 6.20. The van der Waals surface area contributed by atoms with E-state index in [0.717, 1.165) is 10.4 Å². The molecule has 1 amide bonds. The minimum atomic E-state index is -4.27. The van der Waals surface area contributed by atoms with Gasteiger partial charge in [0.1, 0.15) is 16.5 Å². The number of nitrogens with one attached hydrogen (secondary N) is 1. The number of halogens is 2. The van der Waals surface area contributed by atoms with Gasteiger partial charge in [0, 0.05) is 18.7 Å². The van der Waals surface area contributed by atoms with Crippen LogP contribution in [-0.4, -0.2) is 67.8 Å². The molecule has 2 aromatic carbocycles. The van der Waals surface area contributed by atoms with Crippen LogP contribution in [0.15, 0.2) is 53.4 Å². The Morgan fingerprint density at radius 2 is 1.77 bits per heavy atom. The molecule has 0 unspecified atom stereocenters. The molecule has 11 heteroatoms. The van der Waals surface area contributed by atoms with Crippen LogP contribution >= 0.6 is 0 Å². The summed E-state index contributed by atoms with van der Waals surface area (Å²) in [6, 6.07) is 10.5. The summed E-state index contributed by atoms with van der Waals surface area (Å²) in [6.45, 7) is -0.322. The molecule has 190 valence electrons. The Morgan fingerprint density at radius 1 is 1.06 bits per heavy atom. The van der Waals surface area contributed by atoms with E-state index in [4.69, 9.17) is 9.47 Å². The Morgan fingerprint density at radius 3 is 2.51 bits per heavy atom. The maximum atomic E-state index is 14.4. The smallest absolute Gasteiger partial charge is 0.246 e. The fourth-order valence-corrected chi connectivity index (χ4v) is 6.25. The Bertz CT molecular complexity index is 1150. The molecular weight excluding hydrogens is 482 g/mol. The topological polar surface area (TPSA) is 105 Å². The van der Waals surface area contributed by atoms with Crippen molar-refractivity contribution in [1.82, 2.24) is 9.62 Å². The van der Waals surface area contributed by atoms with Crippen molar-refractivity contribution in [1.29, 1.82) is 0 Å². The second kappa shape index (κ2) is 11.1. The molecule has 0 aromatic heterocycles. The molecule has 2 N–H and O–H groups in total. The molecule has 0 radical (unpaired) electrons. The number of carbonyl (C=O) groups is 1. The molecule has 0 aliphatic carbocycles. The maximum absolute atomic E-state index is 14.4. The number of amides is 1. The predicted molar refractivity (Wildman–Crippen MR) is 122 cm³/mol. The van der Waals surface area contributed by atoms with E-state index < -0.39 is 50.9 Å². The van der Waals surface area contributed by atoms with Crippen LogP contribution in [-0.2, 0) is 30.8 Å². The number of fused-ring (bicyclic) bond motifs is 1. The van der Waals surface area contributed by atoms with Crippen LogP contribution in [0.3, 0.4) is 0 Å². The molecule has 2 fully saturated rings. The van der Waals surface area contributed by atoms with Crippen molar-refractivity contribution in [3.05, 3.63) is 65.7 Å². The summed E-state index contributed by atoms with van der Waals surface area (Å²) in [5, 5.41) is 12.9. The quantitative estimate of drug-likeness (QED) is 0.616. The molecule has 4 atom stereocenters. The first-order valence-corrected chi connectivity index (χ1v) is 12.9. The lowest BCUT2D eigenvalue weighted by atomic mass is 9.96. The molecule has 2 aromatic rings. The lowest BCUT2D eigenvalue weighted by molar-refractivity contribution is -0.146. The normalized spacial score (nSPS) is 25.8. The minimum absolute atomic E-state index is 0.0123. The first-order chi connectivity index (χ1) is 16.8. The first kappa shape index (κ1) is 25.6. The third kappa shape index (κ3) is 6.04. The summed E-state index contributed by atoms with van der Waals surface area (Å²) in [7, 11) is -4.27. The number of β-amino-alcohol motifs (C(OH)–C–C–N with tert-alkyl or cyclic N) is 1. The number of rotatable bonds is 6. The average Bonchev–Trinajstić information content (AvgIpc) is 2.81. The van der Waals surface area contributed by atoms with Gasteiger partial charge in [0.25, 0.3) is 0 Å². The molecule has 8 nitrogen and oxygen atoms in total. The van der Waals surface area contributed by atoms with Gasteiger partial charge in [0.15, 0.2) is 0 Å². The molecular formula is C24H28F2N2O6S. The number of sulfonamides is 1. The van der Waals surface area contributed by atoms with E-state index in [1.54, 1.807) is 18.2 Å². The largest absolute Gasteiger partial charge is 0.389 e. The van der Waals surface area contributed by atoms with E-state index in [1.165, 1.54) is 24.3 Å². The van der Waals surface area contributed by atoms with Crippen molar-refractivity contribution < 1.29 is 36.6 Å². The highest BCUT2D eigenvalue weighted by Crippen LogP contribution is 2.32. The van der Waals surface area contributed by atoms with Gasteiger partial charge in [-0.25, -0.2) is 17.2 Å². The number of carbonyl (C=O) groups excluding carboxylic acids is 1. The fraction of sp³-hybridized carbons (Fsp3) is 0.458. The van der Waals surface area contributed by atoms with Gasteiger partial charge in [-0.2, -0.15) is 4.31 Å². The molecule has 35 heavy (non-hydrogen) atoms. The summed E-state index contributed by atoms with van der Waals surface area (Å²) in [5.41, 5.74) is 0.367. The number of nitrogens with zero attached hydrogens (tertiary/aromatic N) is 1. The highest BCUT2D eigenvalue weighted by molar-refractivity contribution is 7.89. The number of aliphatic hydroxyl groups excluding tert-OH is 1. The number of hydrogen-bond acceptors (Lipinski definition) is 6. The summed E-state index contributed by atoms with van der Waals surface area (Å²) in [4.78, 5) is 12.0. The van der Waals surface area contributed by atoms with Crippen molar-refractivity contribution in [3.63, 3.8) is 0 Å². The number of aliphatic hydroxyl groups is 1. The monoisotopic (exact) mass is 510 g/mol. The maximum Gasteiger partial charge on any atom is 0.246 e. The molecule has 2 heterocycles. The first-order valence-electron chi connectivity index (χ1n) is 11.4. The SMILES string of the molecule is O=C(C[C@H]1CC[C@@H]2[C@H](COC[C@@H](O)CN2S(=O)(=O)c2ccccc2F)O1)NCc1ccccc1F. The van der Waals surface area contributed by atoms with Crippen LogP contribution in [0.4, 0.5) is 8.78 Å². The molecule has 4 rings (SSSR count). The Hall–Kier alpha value is -2.44. The highest BCUT2D eigenvalue weighted by Gasteiger charge is 2.43. The predicted octanol–water partition coefficient (Wildman–Crippen LogP) is 1.97. The Labute approximate surface area is 202 Å². The number of hydrogen-bond donors (Lipinski definition) is 2. The van der Waals surface area contributed by atoms with E-state index in [1.807, 2.05) is 0 Å². The molecule has 0 spiro atoms. The van der Waals surface area contributed by atoms with E-state index in [-0.39, 0.29) is 38.6 Å². The zero-order valence-corrected chi connectivity index (χ0v) is 19.8. The summed E-state index contributed by atoms with van der Waals surface area (Å²) in [5.74, 6) is -1.61. The highest BCUT2D eigenvalue weighted by atomic mass is 32.2. The standard InChI is InChI=1S/C24H28F2N2O6S/c25-19-6-2-1-5-16(19)12-27-24(30)11-18-9-10-21-22(34-18)15-33-14-17(29)13-28(21)35(31,32)23-8-4-3-7-20(23)26/h1-8,17-18,21-22,29H,9-15H2,(H,27,30)/t17-,18+,21+,22-/m0/s1. The van der Waals surface area contributed by atoms with Crippen molar-refractivity contribution in [2.75, 3.05) is 19.8 Å². The van der Waals surface area contributed by atoms with Crippen LogP contribution in [0, 0.1) is 11.6 Å². The summed E-state index contributed by atoms with van der Waals surface area (Å²) in [6.07, 6.45) is -1.57. The third-order valence-corrected chi connectivity index (χ3v) is 8.13. The molecule has 0 bridgehead atoms. The van der Waals surface area contributed by atoms with Gasteiger partial charge in [-0.05, 0) is 31.0 Å². The summed E-state index contributed by atoms with van der Waals surface area (Å²) >= 11 is 0. The average molecular weight is 511 g/mol. The van der Waals surface area contributed by atoms with Crippen LogP contribution in [0.2, 0.25) is 0 Å². The van der Waals surface area contributed by atoms with Gasteiger partial charge < -0.3 is 19.9 Å². The van der Waals surface area contributed by atoms with Gasteiger partial charge in [0.05, 0.1) is 44.0 Å². The number of ether oxygens (including phenoxy) is 2. The van der Waals surface area contributed by atoms with E-state index in [0.29, 0.717) is 18.4 Å². The van der Waals surface area contributed by atoms with Crippen LogP contribution in [0.5, 0.6) is 0 Å². The molecule has 2 aliphatic rings. The lowest BCUT2D eigenvalue weighted by Gasteiger charge is -2.43. The molecule has 2 saturated heterocycles. The zero-order chi connectivity index (χ0) is 25.0. The van der Waals surface area contributed by atoms with Crippen molar-refractivity contribution in [2.45, 2.75) is 55.1 Å². The minimum Gasteiger partial charge on any atom is -0.389 e. The van der Waals surface area contributed by atoms with Crippen LogP contribution < -0.4 is 5.32 Å². The van der Waals surface area contributed by atoms with Crippen molar-refractivity contribution >= 4 is 15.9 Å². The van der Waals surface area contributed by atoms with Crippen LogP contribution in [0.25, 0.3) is 0 Å². The van der Waals surface area contributed by atoms with E-state index in [2.05, 4.69) is 5.32 Å². The molecule has 2 aliphatic heterocycles. The van der Waals surface area contributed by atoms with Crippen molar-refractivity contribution in [2.24, 2.45) is 0 Å². The second-order valence-corrected chi connectivity index (χ2v) is 10.6. The van der Waals surface area contributed by atoms with Gasteiger partial charge in [-0.1, -0.05) is 30.3 Å². The zero-order valence-electron chi connectivity index (χ0n) is 19.0. The van der Waals surface area contributed by atoms with Crippen LogP contribution in [0.1, 0.15) is 24.8 Å². The van der Waals surface area contributed by atoms with E-state index in [9.17, 15) is 27.1 Å². The van der Waals surface area contributed by atoms with Gasteiger partial charge in [-0.3, -0.25) is 4.79 Å². The number of benzene rings is 2. The van der Waals surface area contributed by atoms with Crippen molar-refractivity contribution in [3.8, 4) is 0 Å².